The molecule has 0 saturated heterocycles. The molecule has 0 spiro atoms. The van der Waals surface area contributed by atoms with Crippen LogP contribution in [-0.4, -0.2) is 39.4 Å². The van der Waals surface area contributed by atoms with Crippen molar-refractivity contribution in [1.29, 1.82) is 0 Å². The van der Waals surface area contributed by atoms with Crippen LogP contribution in [0.15, 0.2) is 36.4 Å². The molecule has 0 fully saturated rings. The highest BCUT2D eigenvalue weighted by Gasteiger charge is 2.33. The largest absolute Gasteiger partial charge is 0.493 e. The minimum Gasteiger partial charge on any atom is -0.493 e. The summed E-state index contributed by atoms with van der Waals surface area (Å²) < 4.78 is 11.1. The molecule has 0 radical (unpaired) electrons. The average molecular weight is 413 g/mol. The summed E-state index contributed by atoms with van der Waals surface area (Å²) in [4.78, 5) is 13.7. The summed E-state index contributed by atoms with van der Waals surface area (Å²) >= 11 is 0. The third-order valence-corrected chi connectivity index (χ3v) is 5.79. The van der Waals surface area contributed by atoms with E-state index < -0.39 is 0 Å². The van der Waals surface area contributed by atoms with Crippen molar-refractivity contribution in [2.45, 2.75) is 45.8 Å². The predicted molar refractivity (Wildman–Crippen MR) is 118 cm³/mol. The summed E-state index contributed by atoms with van der Waals surface area (Å²) in [5.74, 6) is 1.48. The van der Waals surface area contributed by atoms with E-state index in [1.807, 2.05) is 13.8 Å². The fraction of sp³-hybridized carbons (Fsp3) is 0.458. The Kier molecular flexibility index (Phi) is 7.21. The van der Waals surface area contributed by atoms with Gasteiger partial charge in [0.25, 0.3) is 0 Å². The highest BCUT2D eigenvalue weighted by atomic mass is 16.5. The van der Waals surface area contributed by atoms with Crippen molar-refractivity contribution < 1.29 is 19.2 Å². The lowest BCUT2D eigenvalue weighted by Gasteiger charge is -2.35. The Bertz CT molecular complexity index is 882. The Balaban J connectivity index is 1.91. The summed E-state index contributed by atoms with van der Waals surface area (Å²) in [6.45, 7) is 8.55. The van der Waals surface area contributed by atoms with E-state index in [1.165, 1.54) is 27.2 Å². The number of nitrogens with one attached hydrogen (secondary N) is 3. The van der Waals surface area contributed by atoms with Crippen molar-refractivity contribution in [3.05, 3.63) is 58.7 Å². The smallest absolute Gasteiger partial charge is 0.315 e. The number of urea groups is 1. The van der Waals surface area contributed by atoms with Crippen LogP contribution in [0, 0.1) is 6.92 Å². The monoisotopic (exact) mass is 412 g/mol. The van der Waals surface area contributed by atoms with Crippen LogP contribution in [0.2, 0.25) is 0 Å². The van der Waals surface area contributed by atoms with Gasteiger partial charge in [-0.05, 0) is 44.0 Å². The Morgan fingerprint density at radius 1 is 1.17 bits per heavy atom. The van der Waals surface area contributed by atoms with Crippen LogP contribution in [0.1, 0.15) is 42.1 Å². The van der Waals surface area contributed by atoms with Gasteiger partial charge in [0.2, 0.25) is 0 Å². The van der Waals surface area contributed by atoms with Gasteiger partial charge >= 0.3 is 6.03 Å². The Morgan fingerprint density at radius 3 is 2.53 bits per heavy atom. The van der Waals surface area contributed by atoms with E-state index in [4.69, 9.17) is 9.47 Å². The number of hydrogen-bond acceptors (Lipinski definition) is 3. The summed E-state index contributed by atoms with van der Waals surface area (Å²) in [6.07, 6.45) is 0.964. The Hall–Kier alpha value is -2.73. The fourth-order valence-electron chi connectivity index (χ4n) is 4.19. The molecule has 30 heavy (non-hydrogen) atoms. The van der Waals surface area contributed by atoms with Crippen molar-refractivity contribution in [2.75, 3.05) is 27.3 Å². The van der Waals surface area contributed by atoms with Crippen molar-refractivity contribution in [2.24, 2.45) is 0 Å². The molecule has 1 heterocycles. The van der Waals surface area contributed by atoms with E-state index >= 15 is 0 Å². The second kappa shape index (κ2) is 9.85. The van der Waals surface area contributed by atoms with Crippen LogP contribution in [0.5, 0.6) is 11.5 Å². The molecule has 2 atom stereocenters. The third-order valence-electron chi connectivity index (χ3n) is 5.79. The maximum Gasteiger partial charge on any atom is 0.315 e. The van der Waals surface area contributed by atoms with E-state index in [-0.39, 0.29) is 18.1 Å². The predicted octanol–water partition coefficient (Wildman–Crippen LogP) is 2.40. The summed E-state index contributed by atoms with van der Waals surface area (Å²) in [5.41, 5.74) is 5.12. The van der Waals surface area contributed by atoms with E-state index in [0.717, 1.165) is 31.0 Å². The lowest BCUT2D eigenvalue weighted by atomic mass is 9.91. The van der Waals surface area contributed by atoms with E-state index in [2.05, 4.69) is 54.0 Å². The highest BCUT2D eigenvalue weighted by Crippen LogP contribution is 2.34. The third kappa shape index (κ3) is 5.05. The maximum atomic E-state index is 12.3. The van der Waals surface area contributed by atoms with Gasteiger partial charge in [0, 0.05) is 23.6 Å². The zero-order valence-electron chi connectivity index (χ0n) is 18.7. The number of carbonyl (C=O) groups is 1. The first-order valence-electron chi connectivity index (χ1n) is 10.6. The molecule has 2 aromatic carbocycles. The molecule has 3 N–H and O–H groups in total. The molecule has 1 unspecified atom stereocenters. The molecule has 162 valence electrons. The zero-order valence-corrected chi connectivity index (χ0v) is 18.7. The van der Waals surface area contributed by atoms with Gasteiger partial charge in [-0.2, -0.15) is 0 Å². The second-order valence-corrected chi connectivity index (χ2v) is 8.23. The molecule has 6 nitrogen and oxygen atoms in total. The first kappa shape index (κ1) is 22.0. The number of ether oxygens (including phenoxy) is 2. The quantitative estimate of drug-likeness (QED) is 0.654. The summed E-state index contributed by atoms with van der Waals surface area (Å²) in [7, 11) is 3.33. The lowest BCUT2D eigenvalue weighted by molar-refractivity contribution is -0.945. The minimum absolute atomic E-state index is 0.100. The number of carbonyl (C=O) groups excluding carboxylic acids is 1. The standard InChI is InChI=1S/C24H33N3O3/c1-16(2)26-24(28)25-14-21-20-13-23(30-5)22(29-4)12-18(20)10-11-27(21)15-19-9-7-6-8-17(19)3/h6-9,12-13,16,21H,10-11,14-15H2,1-5H3,(H2,25,26,28)/p+1/t21-/m1/s1. The lowest BCUT2D eigenvalue weighted by Crippen LogP contribution is -3.12. The van der Waals surface area contributed by atoms with E-state index in [0.29, 0.717) is 6.54 Å². The molecule has 1 aliphatic heterocycles. The van der Waals surface area contributed by atoms with Crippen molar-refractivity contribution in [3.8, 4) is 11.5 Å². The zero-order chi connectivity index (χ0) is 21.7. The van der Waals surface area contributed by atoms with Gasteiger partial charge in [-0.1, -0.05) is 24.3 Å². The SMILES string of the molecule is COc1cc2c(cc1OC)[C@@H](CNC(=O)NC(C)C)[NH+](Cc1ccccc1C)CC2. The van der Waals surface area contributed by atoms with Crippen LogP contribution < -0.4 is 25.0 Å². The van der Waals surface area contributed by atoms with Gasteiger partial charge in [0.05, 0.1) is 27.3 Å². The van der Waals surface area contributed by atoms with E-state index in [9.17, 15) is 4.79 Å². The molecule has 0 aromatic heterocycles. The average Bonchev–Trinajstić information content (AvgIpc) is 2.72. The first-order chi connectivity index (χ1) is 14.4. The number of benzene rings is 2. The maximum absolute atomic E-state index is 12.3. The van der Waals surface area contributed by atoms with Crippen molar-refractivity contribution >= 4 is 6.03 Å². The number of hydrogen-bond donors (Lipinski definition) is 3. The number of aryl methyl sites for hydroxylation is 1. The number of amides is 2. The van der Waals surface area contributed by atoms with Gasteiger partial charge in [-0.15, -0.1) is 0 Å². The molecule has 2 aromatic rings. The fourth-order valence-corrected chi connectivity index (χ4v) is 4.19. The molecule has 3 rings (SSSR count). The Labute approximate surface area is 179 Å². The van der Waals surface area contributed by atoms with Crippen LogP contribution in [-0.2, 0) is 13.0 Å². The number of fused-ring (bicyclic) bond motifs is 1. The number of methoxy groups -OCH3 is 2. The van der Waals surface area contributed by atoms with Gasteiger partial charge in [-0.3, -0.25) is 0 Å². The molecule has 0 bridgehead atoms. The first-order valence-corrected chi connectivity index (χ1v) is 10.6. The normalized spacial score (nSPS) is 17.9. The Morgan fingerprint density at radius 2 is 1.87 bits per heavy atom. The van der Waals surface area contributed by atoms with Gasteiger partial charge in [0.1, 0.15) is 12.6 Å². The summed E-state index contributed by atoms with van der Waals surface area (Å²) in [6, 6.07) is 12.8. The molecule has 0 aliphatic carbocycles. The van der Waals surface area contributed by atoms with Crippen LogP contribution in [0.4, 0.5) is 4.79 Å². The number of rotatable bonds is 7. The van der Waals surface area contributed by atoms with Crippen LogP contribution in [0.25, 0.3) is 0 Å². The van der Waals surface area contributed by atoms with Gasteiger partial charge in [0.15, 0.2) is 11.5 Å². The molecular formula is C24H34N3O3+. The molecular weight excluding hydrogens is 378 g/mol. The molecule has 1 aliphatic rings. The van der Waals surface area contributed by atoms with Crippen LogP contribution >= 0.6 is 0 Å². The molecule has 6 heteroatoms. The van der Waals surface area contributed by atoms with Gasteiger partial charge < -0.3 is 25.0 Å². The van der Waals surface area contributed by atoms with Crippen molar-refractivity contribution in [1.82, 2.24) is 10.6 Å². The van der Waals surface area contributed by atoms with Gasteiger partial charge in [-0.25, -0.2) is 4.79 Å². The van der Waals surface area contributed by atoms with Crippen LogP contribution in [0.3, 0.4) is 0 Å². The summed E-state index contributed by atoms with van der Waals surface area (Å²) in [5, 5.41) is 5.99. The highest BCUT2D eigenvalue weighted by molar-refractivity contribution is 5.74. The minimum atomic E-state index is -0.132. The van der Waals surface area contributed by atoms with E-state index in [1.54, 1.807) is 14.2 Å². The number of quaternary nitrogens is 1. The van der Waals surface area contributed by atoms with Crippen molar-refractivity contribution in [3.63, 3.8) is 0 Å². The molecule has 0 saturated carbocycles. The molecule has 2 amide bonds. The second-order valence-electron chi connectivity index (χ2n) is 8.23. The topological polar surface area (TPSA) is 64.0 Å².